The van der Waals surface area contributed by atoms with Crippen LogP contribution in [0.15, 0.2) is 78.4 Å². The maximum absolute atomic E-state index is 14.8. The highest BCUT2D eigenvalue weighted by molar-refractivity contribution is 5.37. The third kappa shape index (κ3) is 4.73. The van der Waals surface area contributed by atoms with Crippen molar-refractivity contribution in [3.8, 4) is 11.4 Å². The van der Waals surface area contributed by atoms with E-state index in [2.05, 4.69) is 14.8 Å². The van der Waals surface area contributed by atoms with E-state index < -0.39 is 41.4 Å². The second-order valence-electron chi connectivity index (χ2n) is 7.99. The molecule has 1 N–H and O–H groups in total. The van der Waals surface area contributed by atoms with Crippen LogP contribution in [0, 0.1) is 5.82 Å². The Morgan fingerprint density at radius 3 is 2.39 bits per heavy atom. The minimum atomic E-state index is -4.67. The van der Waals surface area contributed by atoms with Gasteiger partial charge in [0.15, 0.2) is 0 Å². The van der Waals surface area contributed by atoms with Crippen LogP contribution in [0.2, 0.25) is 0 Å². The number of benzene rings is 2. The quantitative estimate of drug-likeness (QED) is 0.348. The van der Waals surface area contributed by atoms with E-state index in [1.165, 1.54) is 71.6 Å². The van der Waals surface area contributed by atoms with Crippen molar-refractivity contribution in [2.45, 2.75) is 37.6 Å². The monoisotopic (exact) mass is 509 g/mol. The van der Waals surface area contributed by atoms with Gasteiger partial charge in [-0.25, -0.2) is 18.9 Å². The van der Waals surface area contributed by atoms with E-state index in [1.807, 2.05) is 0 Å². The molecule has 0 aliphatic heterocycles. The molecule has 13 heteroatoms. The van der Waals surface area contributed by atoms with Crippen LogP contribution in [0.1, 0.15) is 18.5 Å². The topological polar surface area (TPSA) is 87.1 Å². The lowest BCUT2D eigenvalue weighted by molar-refractivity contribution is -0.253. The van der Waals surface area contributed by atoms with E-state index in [1.54, 1.807) is 6.07 Å². The molecule has 1 unspecified atom stereocenters. The average Bonchev–Trinajstić information content (AvgIpc) is 3.48. The Morgan fingerprint density at radius 2 is 1.78 bits per heavy atom. The predicted octanol–water partition coefficient (Wildman–Crippen LogP) is 3.76. The van der Waals surface area contributed by atoms with Crippen molar-refractivity contribution in [1.29, 1.82) is 0 Å². The number of alkyl halides is 4. The van der Waals surface area contributed by atoms with Crippen molar-refractivity contribution < 1.29 is 31.8 Å². The van der Waals surface area contributed by atoms with Gasteiger partial charge in [0, 0.05) is 18.0 Å². The zero-order chi connectivity index (χ0) is 26.1. The number of ether oxygens (including phenoxy) is 1. The zero-order valence-corrected chi connectivity index (χ0v) is 18.7. The van der Waals surface area contributed by atoms with Crippen LogP contribution in [0.4, 0.5) is 22.0 Å². The van der Waals surface area contributed by atoms with E-state index in [4.69, 9.17) is 0 Å². The van der Waals surface area contributed by atoms with Crippen molar-refractivity contribution in [2.24, 2.45) is 0 Å². The molecule has 0 amide bonds. The first kappa shape index (κ1) is 25.1. The maximum Gasteiger partial charge on any atom is 0.461 e. The Bertz CT molecular complexity index is 1370. The maximum atomic E-state index is 14.8. The number of halogens is 5. The molecular formula is C23H20F5N5O3. The molecule has 4 rings (SSSR count). The molecule has 0 spiro atoms. The molecule has 0 aliphatic rings. The van der Waals surface area contributed by atoms with Crippen LogP contribution in [-0.4, -0.2) is 41.5 Å². The molecule has 2 heterocycles. The van der Waals surface area contributed by atoms with Gasteiger partial charge in [0.05, 0.1) is 18.3 Å². The summed E-state index contributed by atoms with van der Waals surface area (Å²) < 4.78 is 73.4. The summed E-state index contributed by atoms with van der Waals surface area (Å²) >= 11 is 0. The van der Waals surface area contributed by atoms with Crippen LogP contribution in [0.5, 0.6) is 5.75 Å². The number of nitrogens with zero attached hydrogens (tertiary/aromatic N) is 5. The second kappa shape index (κ2) is 9.57. The summed E-state index contributed by atoms with van der Waals surface area (Å²) in [5.74, 6) is -1.21. The molecule has 0 radical (unpaired) electrons. The van der Waals surface area contributed by atoms with E-state index in [0.29, 0.717) is 0 Å². The molecular weight excluding hydrogens is 489 g/mol. The molecule has 0 saturated carbocycles. The minimum absolute atomic E-state index is 0.0610. The first-order valence-corrected chi connectivity index (χ1v) is 10.6. The fourth-order valence-electron chi connectivity index (χ4n) is 3.80. The molecule has 8 nitrogen and oxygen atoms in total. The molecule has 190 valence electrons. The van der Waals surface area contributed by atoms with E-state index >= 15 is 0 Å². The summed E-state index contributed by atoms with van der Waals surface area (Å²) in [7, 11) is 0. The van der Waals surface area contributed by atoms with Gasteiger partial charge in [-0.1, -0.05) is 18.2 Å². The Labute approximate surface area is 200 Å². The number of rotatable bonds is 9. The van der Waals surface area contributed by atoms with Gasteiger partial charge < -0.3 is 9.84 Å². The summed E-state index contributed by atoms with van der Waals surface area (Å²) in [6.07, 6.45) is -3.36. The summed E-state index contributed by atoms with van der Waals surface area (Å²) in [5.41, 5.74) is -2.42. The van der Waals surface area contributed by atoms with Crippen molar-refractivity contribution in [3.63, 3.8) is 0 Å². The second-order valence-corrected chi connectivity index (χ2v) is 7.99. The fourth-order valence-corrected chi connectivity index (χ4v) is 3.80. The molecule has 0 saturated heterocycles. The van der Waals surface area contributed by atoms with Crippen LogP contribution < -0.4 is 10.4 Å². The first-order chi connectivity index (χ1) is 17.0. The Hall–Kier alpha value is -4.00. The number of imidazole rings is 1. The lowest BCUT2D eigenvalue weighted by Crippen LogP contribution is -2.43. The molecule has 0 bridgehead atoms. The van der Waals surface area contributed by atoms with E-state index in [9.17, 15) is 31.9 Å². The van der Waals surface area contributed by atoms with Crippen LogP contribution in [0.25, 0.3) is 5.69 Å². The first-order valence-electron chi connectivity index (χ1n) is 10.6. The van der Waals surface area contributed by atoms with Gasteiger partial charge in [0.2, 0.25) is 0 Å². The van der Waals surface area contributed by atoms with Crippen LogP contribution in [0.3, 0.4) is 0 Å². The Kier molecular flexibility index (Phi) is 6.67. The molecule has 2 aromatic heterocycles. The SMILES string of the molecule is C[C@@H](n1ccn(-c2ccc(OC(F)(F)C(F)F)cc2)c1=O)C(O)(Cn1cncn1)c1ccccc1F. The van der Waals surface area contributed by atoms with Gasteiger partial charge in [0.25, 0.3) is 0 Å². The molecule has 2 aromatic carbocycles. The van der Waals surface area contributed by atoms with Gasteiger partial charge in [-0.2, -0.15) is 22.7 Å². The normalized spacial score (nSPS) is 14.6. The van der Waals surface area contributed by atoms with Crippen LogP contribution in [-0.2, 0) is 12.1 Å². The van der Waals surface area contributed by atoms with E-state index in [-0.39, 0.29) is 17.8 Å². The lowest BCUT2D eigenvalue weighted by atomic mass is 9.86. The minimum Gasteiger partial charge on any atom is -0.428 e. The fraction of sp³-hybridized carbons (Fsp3) is 0.261. The molecule has 2 atom stereocenters. The highest BCUT2D eigenvalue weighted by atomic mass is 19.3. The summed E-state index contributed by atoms with van der Waals surface area (Å²) in [6.45, 7) is 1.30. The zero-order valence-electron chi connectivity index (χ0n) is 18.7. The summed E-state index contributed by atoms with van der Waals surface area (Å²) in [4.78, 5) is 17.0. The van der Waals surface area contributed by atoms with Gasteiger partial charge in [0.1, 0.15) is 29.8 Å². The van der Waals surface area contributed by atoms with Crippen molar-refractivity contribution >= 4 is 0 Å². The number of hydrogen-bond acceptors (Lipinski definition) is 5. The third-order valence-electron chi connectivity index (χ3n) is 5.74. The number of aliphatic hydroxyl groups is 1. The van der Waals surface area contributed by atoms with Crippen molar-refractivity contribution in [2.75, 3.05) is 0 Å². The van der Waals surface area contributed by atoms with Gasteiger partial charge in [-0.15, -0.1) is 0 Å². The molecule has 0 aliphatic carbocycles. The van der Waals surface area contributed by atoms with Gasteiger partial charge >= 0.3 is 18.2 Å². The highest BCUT2D eigenvalue weighted by Gasteiger charge is 2.44. The summed E-state index contributed by atoms with van der Waals surface area (Å²) in [5, 5.41) is 15.7. The smallest absolute Gasteiger partial charge is 0.428 e. The third-order valence-corrected chi connectivity index (χ3v) is 5.74. The lowest BCUT2D eigenvalue weighted by Gasteiger charge is -2.35. The number of hydrogen-bond donors (Lipinski definition) is 1. The van der Waals surface area contributed by atoms with E-state index in [0.717, 1.165) is 16.7 Å². The van der Waals surface area contributed by atoms with Crippen LogP contribution >= 0.6 is 0 Å². The average molecular weight is 509 g/mol. The predicted molar refractivity (Wildman–Crippen MR) is 117 cm³/mol. The van der Waals surface area contributed by atoms with Gasteiger partial charge in [-0.05, 0) is 37.3 Å². The molecule has 0 fully saturated rings. The largest absolute Gasteiger partial charge is 0.461 e. The Morgan fingerprint density at radius 1 is 1.08 bits per heavy atom. The van der Waals surface area contributed by atoms with Crippen molar-refractivity contribution in [3.05, 3.63) is 95.4 Å². The number of aromatic nitrogens is 5. The molecule has 36 heavy (non-hydrogen) atoms. The summed E-state index contributed by atoms with van der Waals surface area (Å²) in [6, 6.07) is 9.07. The highest BCUT2D eigenvalue weighted by Crippen LogP contribution is 2.36. The van der Waals surface area contributed by atoms with Crippen molar-refractivity contribution in [1.82, 2.24) is 23.9 Å². The Balaban J connectivity index is 1.67. The standard InChI is InChI=1S/C23H20F5N5O3/c1-15(22(35,12-31-14-29-13-30-31)18-4-2-3-5-19(18)24)32-10-11-33(21(32)34)16-6-8-17(9-7-16)36-23(27,28)20(25)26/h2-11,13-15,20,35H,12H2,1H3/t15-,22?/m1/s1. The van der Waals surface area contributed by atoms with Gasteiger partial charge in [-0.3, -0.25) is 9.13 Å². The molecule has 4 aromatic rings.